The van der Waals surface area contributed by atoms with Gasteiger partial charge in [0.25, 0.3) is 11.8 Å². The van der Waals surface area contributed by atoms with Crippen LogP contribution < -0.4 is 4.90 Å². The van der Waals surface area contributed by atoms with Gasteiger partial charge in [-0.05, 0) is 43.3 Å². The van der Waals surface area contributed by atoms with Crippen molar-refractivity contribution in [2.45, 2.75) is 6.92 Å². The number of hydrogen-bond donors (Lipinski definition) is 0. The molecule has 0 radical (unpaired) electrons. The normalized spacial score (nSPS) is 13.8. The van der Waals surface area contributed by atoms with E-state index in [2.05, 4.69) is 16.0 Å². The molecule has 1 aliphatic heterocycles. The van der Waals surface area contributed by atoms with Crippen LogP contribution in [0, 0.1) is 24.1 Å². The number of oxazole rings is 1. The Hall–Kier alpha value is -3.97. The number of carbonyl (C=O) groups excluding carboxylic acids is 1. The van der Waals surface area contributed by atoms with E-state index in [1.807, 2.05) is 4.90 Å². The Morgan fingerprint density at radius 3 is 2.58 bits per heavy atom. The van der Waals surface area contributed by atoms with Crippen molar-refractivity contribution in [2.75, 3.05) is 31.1 Å². The van der Waals surface area contributed by atoms with Crippen molar-refractivity contribution < 1.29 is 18.0 Å². The van der Waals surface area contributed by atoms with Crippen LogP contribution in [-0.4, -0.2) is 47.0 Å². The monoisotopic (exact) mass is 463 g/mol. The van der Waals surface area contributed by atoms with E-state index in [0.29, 0.717) is 53.4 Å². The van der Waals surface area contributed by atoms with Gasteiger partial charge in [-0.1, -0.05) is 0 Å². The first kappa shape index (κ1) is 20.9. The van der Waals surface area contributed by atoms with Crippen molar-refractivity contribution in [3.05, 3.63) is 64.7 Å². The van der Waals surface area contributed by atoms with Gasteiger partial charge < -0.3 is 18.6 Å². The molecule has 10 heteroatoms. The first-order chi connectivity index (χ1) is 16.0. The number of carbonyl (C=O) groups is 1. The molecule has 0 aliphatic carbocycles. The minimum absolute atomic E-state index is 0.0904. The molecule has 0 N–H and O–H groups in total. The third kappa shape index (κ3) is 3.99. The molecule has 5 rings (SSSR count). The third-order valence-electron chi connectivity index (χ3n) is 5.38. The Morgan fingerprint density at radius 1 is 1.15 bits per heavy atom. The average Bonchev–Trinajstić information content (AvgIpc) is 3.58. The maximum atomic E-state index is 13.2. The van der Waals surface area contributed by atoms with Gasteiger partial charge in [-0.25, -0.2) is 9.37 Å². The number of nitriles is 1. The predicted molar refractivity (Wildman–Crippen MR) is 119 cm³/mol. The van der Waals surface area contributed by atoms with Gasteiger partial charge in [0.1, 0.15) is 21.8 Å². The first-order valence-electron chi connectivity index (χ1n) is 10.3. The van der Waals surface area contributed by atoms with Crippen LogP contribution in [0.2, 0.25) is 0 Å². The number of piperazine rings is 1. The number of furan rings is 1. The number of nitrogens with zero attached hydrogens (tertiary/aromatic N) is 5. The van der Waals surface area contributed by atoms with Crippen LogP contribution in [0.1, 0.15) is 21.1 Å². The number of hydrogen-bond acceptors (Lipinski definition) is 8. The summed E-state index contributed by atoms with van der Waals surface area (Å²) in [6.45, 7) is 3.72. The van der Waals surface area contributed by atoms with Crippen LogP contribution in [0.4, 0.5) is 10.3 Å². The van der Waals surface area contributed by atoms with Crippen molar-refractivity contribution in [3.8, 4) is 28.3 Å². The van der Waals surface area contributed by atoms with Gasteiger partial charge in [0.2, 0.25) is 11.6 Å². The number of halogens is 1. The van der Waals surface area contributed by atoms with Crippen molar-refractivity contribution in [1.82, 2.24) is 14.9 Å². The highest BCUT2D eigenvalue weighted by Crippen LogP contribution is 2.31. The van der Waals surface area contributed by atoms with Gasteiger partial charge in [0.15, 0.2) is 5.76 Å². The Kier molecular flexibility index (Phi) is 5.40. The molecule has 1 amide bonds. The minimum Gasteiger partial charge on any atom is -0.459 e. The van der Waals surface area contributed by atoms with Crippen LogP contribution in [-0.2, 0) is 0 Å². The molecule has 33 heavy (non-hydrogen) atoms. The third-order valence-corrected chi connectivity index (χ3v) is 6.58. The summed E-state index contributed by atoms with van der Waals surface area (Å²) >= 11 is 1.30. The fraction of sp³-hybridized carbons (Fsp3) is 0.217. The average molecular weight is 463 g/mol. The quantitative estimate of drug-likeness (QED) is 0.444. The zero-order valence-electron chi connectivity index (χ0n) is 17.6. The minimum atomic E-state index is -0.316. The molecule has 1 saturated heterocycles. The van der Waals surface area contributed by atoms with E-state index >= 15 is 0 Å². The summed E-state index contributed by atoms with van der Waals surface area (Å²) in [5.41, 5.74) is 1.61. The summed E-state index contributed by atoms with van der Waals surface area (Å²) in [5, 5.41) is 10.2. The van der Waals surface area contributed by atoms with E-state index in [1.165, 1.54) is 29.7 Å². The lowest BCUT2D eigenvalue weighted by atomic mass is 10.2. The predicted octanol–water partition coefficient (Wildman–Crippen LogP) is 4.34. The number of aromatic nitrogens is 2. The molecule has 4 heterocycles. The highest BCUT2D eigenvalue weighted by Gasteiger charge is 2.29. The first-order valence-corrected chi connectivity index (χ1v) is 11.1. The smallest absolute Gasteiger partial charge is 0.266 e. The van der Waals surface area contributed by atoms with Gasteiger partial charge >= 0.3 is 0 Å². The Bertz CT molecular complexity index is 1330. The van der Waals surface area contributed by atoms with Gasteiger partial charge in [-0.15, -0.1) is 11.3 Å². The number of benzene rings is 1. The second-order valence-corrected chi connectivity index (χ2v) is 8.48. The zero-order chi connectivity index (χ0) is 22.9. The SMILES string of the molecule is Cc1nc(-c2ccc(F)cc2)sc1C(=O)N1CCN(c2oc(-c3ccco3)nc2C#N)CC1. The van der Waals surface area contributed by atoms with E-state index in [-0.39, 0.29) is 23.3 Å². The Morgan fingerprint density at radius 2 is 1.91 bits per heavy atom. The molecular weight excluding hydrogens is 445 g/mol. The summed E-state index contributed by atoms with van der Waals surface area (Å²) < 4.78 is 24.3. The molecule has 166 valence electrons. The zero-order valence-corrected chi connectivity index (χ0v) is 18.4. The molecule has 4 aromatic rings. The molecule has 8 nitrogen and oxygen atoms in total. The highest BCUT2D eigenvalue weighted by molar-refractivity contribution is 7.17. The van der Waals surface area contributed by atoms with E-state index in [4.69, 9.17) is 8.83 Å². The largest absolute Gasteiger partial charge is 0.459 e. The van der Waals surface area contributed by atoms with Gasteiger partial charge in [0.05, 0.1) is 12.0 Å². The van der Waals surface area contributed by atoms with Crippen molar-refractivity contribution in [3.63, 3.8) is 0 Å². The number of anilines is 1. The Balaban J connectivity index is 1.30. The van der Waals surface area contributed by atoms with Gasteiger partial charge in [-0.2, -0.15) is 10.2 Å². The lowest BCUT2D eigenvalue weighted by Crippen LogP contribution is -2.48. The highest BCUT2D eigenvalue weighted by atomic mass is 32.1. The lowest BCUT2D eigenvalue weighted by Gasteiger charge is -2.34. The van der Waals surface area contributed by atoms with Crippen molar-refractivity contribution in [2.24, 2.45) is 0 Å². The van der Waals surface area contributed by atoms with Crippen LogP contribution in [0.25, 0.3) is 22.2 Å². The molecule has 0 atom stereocenters. The van der Waals surface area contributed by atoms with E-state index in [0.717, 1.165) is 5.56 Å². The molecule has 0 unspecified atom stereocenters. The molecule has 0 spiro atoms. The second-order valence-electron chi connectivity index (χ2n) is 7.48. The van der Waals surface area contributed by atoms with Crippen LogP contribution >= 0.6 is 11.3 Å². The van der Waals surface area contributed by atoms with E-state index < -0.39 is 0 Å². The number of rotatable bonds is 4. The Labute approximate surface area is 192 Å². The van der Waals surface area contributed by atoms with E-state index in [1.54, 1.807) is 36.1 Å². The fourth-order valence-corrected chi connectivity index (χ4v) is 4.71. The molecular formula is C23H18FN5O3S. The molecule has 1 aliphatic rings. The standard InChI is InChI=1S/C23H18FN5O3S/c1-14-19(33-21(26-14)15-4-6-16(24)7-5-15)22(30)28-8-10-29(11-9-28)23-17(13-25)27-20(32-23)18-3-2-12-31-18/h2-7,12H,8-11H2,1H3. The summed E-state index contributed by atoms with van der Waals surface area (Å²) in [5.74, 6) is 0.669. The maximum absolute atomic E-state index is 13.2. The summed E-state index contributed by atoms with van der Waals surface area (Å²) in [7, 11) is 0. The van der Waals surface area contributed by atoms with Gasteiger partial charge in [0, 0.05) is 31.7 Å². The molecule has 3 aromatic heterocycles. The van der Waals surface area contributed by atoms with Crippen molar-refractivity contribution >= 4 is 23.1 Å². The molecule has 0 saturated carbocycles. The van der Waals surface area contributed by atoms with E-state index in [9.17, 15) is 14.4 Å². The van der Waals surface area contributed by atoms with Gasteiger partial charge in [-0.3, -0.25) is 4.79 Å². The summed E-state index contributed by atoms with van der Waals surface area (Å²) in [6, 6.07) is 11.6. The molecule has 0 bridgehead atoms. The lowest BCUT2D eigenvalue weighted by molar-refractivity contribution is 0.0749. The molecule has 1 aromatic carbocycles. The number of aryl methyl sites for hydroxylation is 1. The molecule has 1 fully saturated rings. The van der Waals surface area contributed by atoms with Crippen LogP contribution in [0.15, 0.2) is 51.5 Å². The van der Waals surface area contributed by atoms with Crippen molar-refractivity contribution in [1.29, 1.82) is 5.26 Å². The summed E-state index contributed by atoms with van der Waals surface area (Å²) in [4.78, 5) is 26.1. The topological polar surface area (TPSA) is 99.4 Å². The van der Waals surface area contributed by atoms with Crippen LogP contribution in [0.5, 0.6) is 0 Å². The second kappa shape index (κ2) is 8.52. The fourth-order valence-electron chi connectivity index (χ4n) is 3.67. The summed E-state index contributed by atoms with van der Waals surface area (Å²) in [6.07, 6.45) is 1.51. The maximum Gasteiger partial charge on any atom is 0.266 e. The number of thiazole rings is 1. The number of amides is 1. The van der Waals surface area contributed by atoms with Crippen LogP contribution in [0.3, 0.4) is 0 Å².